The van der Waals surface area contributed by atoms with Crippen LogP contribution < -0.4 is 5.32 Å². The van der Waals surface area contributed by atoms with E-state index in [1.807, 2.05) is 31.1 Å². The van der Waals surface area contributed by atoms with E-state index < -0.39 is 26.8 Å². The molecule has 31 heavy (non-hydrogen) atoms. The molecule has 0 fully saturated rings. The standard InChI is InChI=1S/C19H21FIN5O4S/c1-25(2)8-9-26(3)31(28,29)17-10-14(18-23-24-19(27)30-18)16(11-15(17)20)22-13-6-4-12(21)5-7-13/h4-7,10-11,22H,8-9H2,1-3H3,(H,24,27). The molecule has 0 amide bonds. The molecule has 166 valence electrons. The van der Waals surface area contributed by atoms with E-state index in [1.165, 1.54) is 7.05 Å². The maximum absolute atomic E-state index is 15.0. The van der Waals surface area contributed by atoms with Gasteiger partial charge in [0.1, 0.15) is 10.7 Å². The molecule has 0 aliphatic carbocycles. The number of aromatic hydroxyl groups is 1. The van der Waals surface area contributed by atoms with Crippen LogP contribution in [0, 0.1) is 9.39 Å². The summed E-state index contributed by atoms with van der Waals surface area (Å²) in [6, 6.07) is 9.47. The van der Waals surface area contributed by atoms with Crippen molar-refractivity contribution in [1.29, 1.82) is 0 Å². The third-order valence-electron chi connectivity index (χ3n) is 4.39. The normalized spacial score (nSPS) is 12.0. The van der Waals surface area contributed by atoms with Crippen LogP contribution in [0.1, 0.15) is 0 Å². The van der Waals surface area contributed by atoms with Crippen LogP contribution in [0.25, 0.3) is 11.5 Å². The predicted molar refractivity (Wildman–Crippen MR) is 122 cm³/mol. The first kappa shape index (κ1) is 23.4. The third-order valence-corrected chi connectivity index (χ3v) is 6.98. The smallest absolute Gasteiger partial charge is 0.412 e. The van der Waals surface area contributed by atoms with Crippen LogP contribution in [0.3, 0.4) is 0 Å². The van der Waals surface area contributed by atoms with Gasteiger partial charge in [0.2, 0.25) is 10.0 Å². The van der Waals surface area contributed by atoms with Crippen LogP contribution in [0.4, 0.5) is 15.8 Å². The van der Waals surface area contributed by atoms with Gasteiger partial charge in [-0.15, -0.1) is 5.10 Å². The van der Waals surface area contributed by atoms with E-state index in [1.54, 1.807) is 12.1 Å². The number of benzene rings is 2. The molecule has 3 rings (SSSR count). The van der Waals surface area contributed by atoms with E-state index in [0.717, 1.165) is 20.0 Å². The fraction of sp³-hybridized carbons (Fsp3) is 0.263. The molecule has 0 unspecified atom stereocenters. The van der Waals surface area contributed by atoms with Gasteiger partial charge in [-0.3, -0.25) is 0 Å². The summed E-state index contributed by atoms with van der Waals surface area (Å²) in [4.78, 5) is 1.29. The molecule has 0 atom stereocenters. The number of nitrogens with zero attached hydrogens (tertiary/aromatic N) is 4. The third kappa shape index (κ3) is 5.50. The predicted octanol–water partition coefficient (Wildman–Crippen LogP) is 3.11. The summed E-state index contributed by atoms with van der Waals surface area (Å²) in [7, 11) is 0.873. The molecule has 2 aromatic carbocycles. The number of rotatable bonds is 8. The first-order valence-electron chi connectivity index (χ1n) is 9.08. The lowest BCUT2D eigenvalue weighted by Crippen LogP contribution is -2.34. The van der Waals surface area contributed by atoms with Gasteiger partial charge in [0.05, 0.1) is 11.3 Å². The lowest BCUT2D eigenvalue weighted by atomic mass is 10.1. The molecule has 0 spiro atoms. The van der Waals surface area contributed by atoms with Crippen molar-refractivity contribution in [2.75, 3.05) is 39.5 Å². The van der Waals surface area contributed by atoms with E-state index in [2.05, 4.69) is 38.1 Å². The molecule has 1 aromatic heterocycles. The van der Waals surface area contributed by atoms with E-state index in [0.29, 0.717) is 12.2 Å². The number of aromatic nitrogens is 2. The largest absolute Gasteiger partial charge is 0.465 e. The Kier molecular flexibility index (Phi) is 7.13. The zero-order valence-corrected chi connectivity index (χ0v) is 20.0. The highest BCUT2D eigenvalue weighted by molar-refractivity contribution is 14.1. The maximum Gasteiger partial charge on any atom is 0.412 e. The van der Waals surface area contributed by atoms with Crippen molar-refractivity contribution >= 4 is 44.0 Å². The Labute approximate surface area is 193 Å². The lowest BCUT2D eigenvalue weighted by Gasteiger charge is -2.21. The van der Waals surface area contributed by atoms with Crippen molar-refractivity contribution in [1.82, 2.24) is 19.4 Å². The van der Waals surface area contributed by atoms with Crippen molar-refractivity contribution in [2.24, 2.45) is 0 Å². The quantitative estimate of drug-likeness (QED) is 0.404. The number of anilines is 2. The lowest BCUT2D eigenvalue weighted by molar-refractivity contribution is 0.320. The van der Waals surface area contributed by atoms with Crippen molar-refractivity contribution < 1.29 is 22.3 Å². The number of nitrogens with one attached hydrogen (secondary N) is 1. The molecule has 0 aliphatic rings. The average Bonchev–Trinajstić information content (AvgIpc) is 3.13. The number of sulfonamides is 1. The van der Waals surface area contributed by atoms with Gasteiger partial charge in [0.15, 0.2) is 0 Å². The molecule has 3 aromatic rings. The monoisotopic (exact) mass is 561 g/mol. The summed E-state index contributed by atoms with van der Waals surface area (Å²) < 4.78 is 48.1. The van der Waals surface area contributed by atoms with Gasteiger partial charge >= 0.3 is 6.08 Å². The molecule has 0 saturated heterocycles. The van der Waals surface area contributed by atoms with Gasteiger partial charge in [0, 0.05) is 29.4 Å². The fourth-order valence-corrected chi connectivity index (χ4v) is 4.26. The maximum atomic E-state index is 15.0. The number of likely N-dealkylation sites (N-methyl/N-ethyl adjacent to an activating group) is 2. The minimum Gasteiger partial charge on any atom is -0.465 e. The van der Waals surface area contributed by atoms with Gasteiger partial charge in [0.25, 0.3) is 5.89 Å². The zero-order valence-electron chi connectivity index (χ0n) is 17.0. The number of halogens is 2. The molecule has 0 radical (unpaired) electrons. The van der Waals surface area contributed by atoms with Crippen molar-refractivity contribution in [2.45, 2.75) is 4.90 Å². The summed E-state index contributed by atoms with van der Waals surface area (Å²) in [6.07, 6.45) is -0.688. The van der Waals surface area contributed by atoms with E-state index in [-0.39, 0.29) is 23.7 Å². The Morgan fingerprint density at radius 2 is 1.81 bits per heavy atom. The molecular formula is C19H21FIN5O4S. The van der Waals surface area contributed by atoms with E-state index in [9.17, 15) is 17.9 Å². The fourth-order valence-electron chi connectivity index (χ4n) is 2.67. The van der Waals surface area contributed by atoms with Gasteiger partial charge in [-0.05, 0) is 73.1 Å². The van der Waals surface area contributed by atoms with Gasteiger partial charge in [-0.2, -0.15) is 4.31 Å². The second kappa shape index (κ2) is 9.46. The first-order chi connectivity index (χ1) is 14.6. The highest BCUT2D eigenvalue weighted by Crippen LogP contribution is 2.35. The topological polar surface area (TPSA) is 112 Å². The van der Waals surface area contributed by atoms with Crippen LogP contribution in [0.15, 0.2) is 45.7 Å². The van der Waals surface area contributed by atoms with Crippen LogP contribution in [0.2, 0.25) is 0 Å². The van der Waals surface area contributed by atoms with Gasteiger partial charge < -0.3 is 19.7 Å². The summed E-state index contributed by atoms with van der Waals surface area (Å²) >= 11 is 2.16. The molecule has 1 heterocycles. The average molecular weight is 561 g/mol. The first-order valence-corrected chi connectivity index (χ1v) is 11.6. The minimum atomic E-state index is -4.13. The molecule has 12 heteroatoms. The molecule has 2 N–H and O–H groups in total. The molecular weight excluding hydrogens is 540 g/mol. The number of hydrogen-bond acceptors (Lipinski definition) is 8. The second-order valence-corrected chi connectivity index (χ2v) is 10.2. The highest BCUT2D eigenvalue weighted by Gasteiger charge is 2.28. The molecule has 9 nitrogen and oxygen atoms in total. The Balaban J connectivity index is 2.07. The zero-order chi connectivity index (χ0) is 22.8. The van der Waals surface area contributed by atoms with E-state index in [4.69, 9.17) is 4.42 Å². The van der Waals surface area contributed by atoms with E-state index >= 15 is 0 Å². The van der Waals surface area contributed by atoms with Crippen molar-refractivity contribution in [3.05, 3.63) is 45.8 Å². The Bertz CT molecular complexity index is 1170. The second-order valence-electron chi connectivity index (χ2n) is 6.98. The van der Waals surface area contributed by atoms with Crippen molar-refractivity contribution in [3.8, 4) is 17.5 Å². The summed E-state index contributed by atoms with van der Waals surface area (Å²) in [5.41, 5.74) is 0.980. The summed E-state index contributed by atoms with van der Waals surface area (Å²) in [5, 5.41) is 19.6. The molecule has 0 bridgehead atoms. The van der Waals surface area contributed by atoms with Crippen LogP contribution in [0.5, 0.6) is 6.08 Å². The highest BCUT2D eigenvalue weighted by atomic mass is 127. The molecule has 0 saturated carbocycles. The van der Waals surface area contributed by atoms with Gasteiger partial charge in [-0.1, -0.05) is 5.10 Å². The summed E-state index contributed by atoms with van der Waals surface area (Å²) in [5.74, 6) is -1.09. The van der Waals surface area contributed by atoms with Gasteiger partial charge in [-0.25, -0.2) is 12.8 Å². The minimum absolute atomic E-state index is 0.132. The molecule has 0 aliphatic heterocycles. The number of hydrogen-bond donors (Lipinski definition) is 2. The van der Waals surface area contributed by atoms with Crippen LogP contribution in [-0.4, -0.2) is 67.2 Å². The Morgan fingerprint density at radius 3 is 2.39 bits per heavy atom. The summed E-state index contributed by atoms with van der Waals surface area (Å²) in [6.45, 7) is 0.641. The van der Waals surface area contributed by atoms with Crippen LogP contribution >= 0.6 is 22.6 Å². The van der Waals surface area contributed by atoms with Crippen molar-refractivity contribution in [3.63, 3.8) is 0 Å². The Morgan fingerprint density at radius 1 is 1.13 bits per heavy atom. The SMILES string of the molecule is CN(C)CCN(C)S(=O)(=O)c1cc(-c2nnc(O)o2)c(Nc2ccc(I)cc2)cc1F. The Hall–Kier alpha value is -2.29. The van der Waals surface area contributed by atoms with Crippen LogP contribution in [-0.2, 0) is 10.0 Å².